The lowest BCUT2D eigenvalue weighted by Crippen LogP contribution is -2.03. The van der Waals surface area contributed by atoms with Crippen LogP contribution < -0.4 is 5.32 Å². The molecule has 0 fully saturated rings. The first kappa shape index (κ1) is 12.3. The number of hydrogen-bond donors (Lipinski definition) is 1. The van der Waals surface area contributed by atoms with Gasteiger partial charge in [-0.15, -0.1) is 0 Å². The van der Waals surface area contributed by atoms with Crippen molar-refractivity contribution in [3.05, 3.63) is 58.5 Å². The van der Waals surface area contributed by atoms with Gasteiger partial charge in [-0.3, -0.25) is 0 Å². The van der Waals surface area contributed by atoms with Crippen LogP contribution in [0.3, 0.4) is 0 Å². The zero-order valence-electron chi connectivity index (χ0n) is 9.32. The van der Waals surface area contributed by atoms with Gasteiger partial charge in [0.25, 0.3) is 0 Å². The van der Waals surface area contributed by atoms with Crippen molar-refractivity contribution in [2.45, 2.75) is 6.54 Å². The number of benzene rings is 1. The molecule has 0 saturated heterocycles. The number of rotatable bonds is 3. The largest absolute Gasteiger partial charge is 0.364 e. The summed E-state index contributed by atoms with van der Waals surface area (Å²) in [6.45, 7) is 0.390. The van der Waals surface area contributed by atoms with Crippen molar-refractivity contribution in [3.8, 4) is 6.07 Å². The molecule has 0 atom stereocenters. The van der Waals surface area contributed by atoms with E-state index in [2.05, 4.69) is 10.3 Å². The van der Waals surface area contributed by atoms with Gasteiger partial charge in [0.1, 0.15) is 0 Å². The normalized spacial score (nSPS) is 9.83. The van der Waals surface area contributed by atoms with Crippen molar-refractivity contribution in [1.29, 1.82) is 5.26 Å². The van der Waals surface area contributed by atoms with Gasteiger partial charge in [-0.2, -0.15) is 5.26 Å². The summed E-state index contributed by atoms with van der Waals surface area (Å²) in [7, 11) is 0. The highest BCUT2D eigenvalue weighted by atomic mass is 35.5. The van der Waals surface area contributed by atoms with Crippen LogP contribution in [0.1, 0.15) is 11.1 Å². The fourth-order valence-electron chi connectivity index (χ4n) is 1.48. The third-order valence-corrected chi connectivity index (χ3v) is 2.53. The van der Waals surface area contributed by atoms with Gasteiger partial charge >= 0.3 is 0 Å². The zero-order chi connectivity index (χ0) is 13.0. The summed E-state index contributed by atoms with van der Waals surface area (Å²) in [5.74, 6) is -0.360. The highest BCUT2D eigenvalue weighted by Crippen LogP contribution is 2.16. The maximum atomic E-state index is 13.4. The Kier molecular flexibility index (Phi) is 3.75. The van der Waals surface area contributed by atoms with Crippen LogP contribution >= 0.6 is 11.6 Å². The van der Waals surface area contributed by atoms with Crippen LogP contribution in [-0.4, -0.2) is 4.98 Å². The second-order valence-corrected chi connectivity index (χ2v) is 4.09. The molecule has 0 unspecified atom stereocenters. The maximum absolute atomic E-state index is 13.4. The fraction of sp³-hybridized carbons (Fsp3) is 0.0769. The summed E-state index contributed by atoms with van der Waals surface area (Å²) in [5, 5.41) is 11.9. The quantitative estimate of drug-likeness (QED) is 0.922. The number of pyridine rings is 1. The van der Waals surface area contributed by atoms with E-state index in [-0.39, 0.29) is 10.8 Å². The van der Waals surface area contributed by atoms with E-state index in [1.807, 2.05) is 12.1 Å². The minimum atomic E-state index is -0.501. The van der Waals surface area contributed by atoms with Gasteiger partial charge in [0.05, 0.1) is 16.7 Å². The van der Waals surface area contributed by atoms with E-state index in [1.165, 1.54) is 12.3 Å². The molecule has 1 N–H and O–H groups in total. The molecule has 3 nitrogen and oxygen atoms in total. The number of halogens is 2. The fourth-order valence-corrected chi connectivity index (χ4v) is 1.63. The molecule has 0 radical (unpaired) electrons. The molecule has 18 heavy (non-hydrogen) atoms. The lowest BCUT2D eigenvalue weighted by Gasteiger charge is -2.07. The van der Waals surface area contributed by atoms with Crippen LogP contribution in [0.2, 0.25) is 5.02 Å². The molecule has 0 aliphatic rings. The zero-order valence-corrected chi connectivity index (χ0v) is 10.1. The third kappa shape index (κ3) is 2.96. The molecule has 2 aromatic rings. The van der Waals surface area contributed by atoms with E-state index < -0.39 is 5.82 Å². The monoisotopic (exact) mass is 261 g/mol. The van der Waals surface area contributed by atoms with Crippen molar-refractivity contribution in [2.24, 2.45) is 0 Å². The molecular formula is C13H9ClFN3. The number of anilines is 1. The van der Waals surface area contributed by atoms with Gasteiger partial charge < -0.3 is 5.32 Å². The van der Waals surface area contributed by atoms with Crippen LogP contribution in [0, 0.1) is 17.1 Å². The third-order valence-electron chi connectivity index (χ3n) is 2.32. The molecular weight excluding hydrogens is 253 g/mol. The minimum Gasteiger partial charge on any atom is -0.364 e. The summed E-state index contributed by atoms with van der Waals surface area (Å²) >= 11 is 5.61. The molecule has 5 heteroatoms. The van der Waals surface area contributed by atoms with Crippen molar-refractivity contribution in [1.82, 2.24) is 4.98 Å². The molecule has 0 aliphatic carbocycles. The first-order chi connectivity index (χ1) is 8.69. The maximum Gasteiger partial charge on any atom is 0.166 e. The summed E-state index contributed by atoms with van der Waals surface area (Å²) < 4.78 is 13.4. The van der Waals surface area contributed by atoms with E-state index in [0.717, 1.165) is 5.56 Å². The highest BCUT2D eigenvalue weighted by Gasteiger charge is 2.04. The molecule has 2 rings (SSSR count). The Labute approximate surface area is 109 Å². The van der Waals surface area contributed by atoms with Crippen LogP contribution in [0.15, 0.2) is 36.5 Å². The number of nitrogens with one attached hydrogen (secondary N) is 1. The highest BCUT2D eigenvalue weighted by molar-refractivity contribution is 6.30. The summed E-state index contributed by atoms with van der Waals surface area (Å²) in [6, 6.07) is 10.3. The Morgan fingerprint density at radius 1 is 1.39 bits per heavy atom. The average molecular weight is 262 g/mol. The Morgan fingerprint density at radius 2 is 2.22 bits per heavy atom. The Balaban J connectivity index is 2.09. The topological polar surface area (TPSA) is 48.7 Å². The average Bonchev–Trinajstić information content (AvgIpc) is 2.38. The lowest BCUT2D eigenvalue weighted by atomic mass is 10.1. The van der Waals surface area contributed by atoms with Crippen LogP contribution in [0.25, 0.3) is 0 Å². The van der Waals surface area contributed by atoms with Gasteiger partial charge in [0.2, 0.25) is 0 Å². The second kappa shape index (κ2) is 5.48. The van der Waals surface area contributed by atoms with Crippen LogP contribution in [0.5, 0.6) is 0 Å². The lowest BCUT2D eigenvalue weighted by molar-refractivity contribution is 0.624. The second-order valence-electron chi connectivity index (χ2n) is 3.65. The van der Waals surface area contributed by atoms with E-state index in [1.54, 1.807) is 18.2 Å². The predicted octanol–water partition coefficient (Wildman–Crippen LogP) is 3.36. The van der Waals surface area contributed by atoms with Gasteiger partial charge in [-0.25, -0.2) is 9.37 Å². The summed E-state index contributed by atoms with van der Waals surface area (Å²) in [6.07, 6.45) is 1.37. The first-order valence-electron chi connectivity index (χ1n) is 5.23. The van der Waals surface area contributed by atoms with Crippen LogP contribution in [0.4, 0.5) is 10.2 Å². The van der Waals surface area contributed by atoms with Gasteiger partial charge in [-0.05, 0) is 23.8 Å². The SMILES string of the molecule is N#Cc1cccc(CNc2ncc(Cl)cc2F)c1. The standard InChI is InChI=1S/C13H9ClFN3/c14-11-5-12(15)13(18-8-11)17-7-10-3-1-2-9(4-10)6-16/h1-5,8H,7H2,(H,17,18). The van der Waals surface area contributed by atoms with Crippen LogP contribution in [-0.2, 0) is 6.54 Å². The van der Waals surface area contributed by atoms with Crippen molar-refractivity contribution < 1.29 is 4.39 Å². The molecule has 90 valence electrons. The molecule has 0 spiro atoms. The van der Waals surface area contributed by atoms with E-state index >= 15 is 0 Å². The summed E-state index contributed by atoms with van der Waals surface area (Å²) in [5.41, 5.74) is 1.45. The van der Waals surface area contributed by atoms with Gasteiger partial charge in [0, 0.05) is 12.7 Å². The van der Waals surface area contributed by atoms with E-state index in [4.69, 9.17) is 16.9 Å². The van der Waals surface area contributed by atoms with Crippen molar-refractivity contribution in [3.63, 3.8) is 0 Å². The Hall–Kier alpha value is -2.12. The van der Waals surface area contributed by atoms with Crippen molar-refractivity contribution in [2.75, 3.05) is 5.32 Å². The first-order valence-corrected chi connectivity index (χ1v) is 5.61. The van der Waals surface area contributed by atoms with Gasteiger partial charge in [-0.1, -0.05) is 23.7 Å². The Bertz CT molecular complexity index is 607. The van der Waals surface area contributed by atoms with E-state index in [0.29, 0.717) is 12.1 Å². The Morgan fingerprint density at radius 3 is 2.94 bits per heavy atom. The number of nitriles is 1. The molecule has 1 heterocycles. The minimum absolute atomic E-state index is 0.141. The smallest absolute Gasteiger partial charge is 0.166 e. The van der Waals surface area contributed by atoms with Crippen molar-refractivity contribution >= 4 is 17.4 Å². The number of aromatic nitrogens is 1. The predicted molar refractivity (Wildman–Crippen MR) is 67.7 cm³/mol. The number of nitrogens with zero attached hydrogens (tertiary/aromatic N) is 2. The molecule has 0 aliphatic heterocycles. The van der Waals surface area contributed by atoms with E-state index in [9.17, 15) is 4.39 Å². The molecule has 0 bridgehead atoms. The van der Waals surface area contributed by atoms with Gasteiger partial charge in [0.15, 0.2) is 11.6 Å². The molecule has 0 amide bonds. The number of hydrogen-bond acceptors (Lipinski definition) is 3. The molecule has 0 saturated carbocycles. The summed E-state index contributed by atoms with van der Waals surface area (Å²) in [4.78, 5) is 3.85. The molecule has 1 aromatic heterocycles. The molecule has 1 aromatic carbocycles.